The van der Waals surface area contributed by atoms with Crippen LogP contribution in [0.1, 0.15) is 25.3 Å². The summed E-state index contributed by atoms with van der Waals surface area (Å²) in [6.45, 7) is 0.877. The summed E-state index contributed by atoms with van der Waals surface area (Å²) in [6.07, 6.45) is -5.72. The van der Waals surface area contributed by atoms with E-state index in [-0.39, 0.29) is 32.6 Å². The van der Waals surface area contributed by atoms with Crippen LogP contribution in [0, 0.1) is 5.92 Å². The van der Waals surface area contributed by atoms with Gasteiger partial charge in [-0.2, -0.15) is 13.2 Å². The first-order chi connectivity index (χ1) is 14.7. The highest BCUT2D eigenvalue weighted by Gasteiger charge is 2.46. The van der Waals surface area contributed by atoms with E-state index in [1.165, 1.54) is 6.92 Å². The van der Waals surface area contributed by atoms with Gasteiger partial charge < -0.3 is 19.1 Å². The molecule has 10 heteroatoms. The second-order valence-electron chi connectivity index (χ2n) is 6.86. The van der Waals surface area contributed by atoms with Gasteiger partial charge in [-0.15, -0.1) is 0 Å². The van der Waals surface area contributed by atoms with Crippen LogP contribution in [0.4, 0.5) is 18.0 Å². The average molecular weight is 443 g/mol. The van der Waals surface area contributed by atoms with Crippen LogP contribution in [0.15, 0.2) is 42.0 Å². The van der Waals surface area contributed by atoms with Gasteiger partial charge in [-0.25, -0.2) is 9.59 Å². The van der Waals surface area contributed by atoms with Crippen LogP contribution in [-0.4, -0.2) is 55.4 Å². The van der Waals surface area contributed by atoms with E-state index in [4.69, 9.17) is 4.74 Å². The summed E-state index contributed by atoms with van der Waals surface area (Å²) in [5, 5.41) is 0. The van der Waals surface area contributed by atoms with Crippen LogP contribution >= 0.6 is 0 Å². The predicted octanol–water partition coefficient (Wildman–Crippen LogP) is 3.63. The number of likely N-dealkylation sites (tertiary alicyclic amines) is 1. The average Bonchev–Trinajstić information content (AvgIpc) is 2.75. The van der Waals surface area contributed by atoms with Crippen molar-refractivity contribution in [2.75, 3.05) is 20.3 Å². The van der Waals surface area contributed by atoms with Crippen molar-refractivity contribution < 1.29 is 41.8 Å². The molecule has 1 heterocycles. The lowest BCUT2D eigenvalue weighted by Gasteiger charge is -2.39. The van der Waals surface area contributed by atoms with Crippen LogP contribution < -0.4 is 0 Å². The summed E-state index contributed by atoms with van der Waals surface area (Å²) in [5.41, 5.74) is -0.585. The molecule has 1 fully saturated rings. The van der Waals surface area contributed by atoms with Gasteiger partial charge >= 0.3 is 24.2 Å². The number of piperidine rings is 1. The summed E-state index contributed by atoms with van der Waals surface area (Å²) in [5.74, 6) is -2.60. The summed E-state index contributed by atoms with van der Waals surface area (Å²) in [4.78, 5) is 37.2. The molecule has 1 saturated heterocycles. The van der Waals surface area contributed by atoms with Gasteiger partial charge in [0.1, 0.15) is 6.61 Å². The molecule has 0 saturated carbocycles. The SMILES string of the molecule is CCOC(=O)/C=C(\[C@H]1CC[C@@H](C(=O)OC)CN1C(=O)OCc1ccccc1)C(F)(F)F. The zero-order valence-electron chi connectivity index (χ0n) is 17.2. The second kappa shape index (κ2) is 10.8. The normalized spacial score (nSPS) is 19.5. The fraction of sp³-hybridized carbons (Fsp3) is 0.476. The Morgan fingerprint density at radius 2 is 1.81 bits per heavy atom. The van der Waals surface area contributed by atoms with Gasteiger partial charge in [-0.05, 0) is 25.3 Å². The molecule has 0 spiro atoms. The van der Waals surface area contributed by atoms with E-state index in [2.05, 4.69) is 9.47 Å². The molecule has 0 aromatic heterocycles. The minimum atomic E-state index is -4.90. The predicted molar refractivity (Wildman–Crippen MR) is 103 cm³/mol. The van der Waals surface area contributed by atoms with E-state index in [0.717, 1.165) is 12.0 Å². The Morgan fingerprint density at radius 1 is 1.13 bits per heavy atom. The van der Waals surface area contributed by atoms with Crippen LogP contribution in [0.25, 0.3) is 0 Å². The molecule has 2 rings (SSSR count). The molecule has 1 aromatic rings. The number of alkyl halides is 3. The molecule has 1 aliphatic heterocycles. The number of amides is 1. The summed E-state index contributed by atoms with van der Waals surface area (Å²) >= 11 is 0. The molecule has 1 aromatic carbocycles. The third kappa shape index (κ3) is 6.73. The maximum absolute atomic E-state index is 13.8. The number of carbonyl (C=O) groups excluding carboxylic acids is 3. The van der Waals surface area contributed by atoms with Crippen molar-refractivity contribution in [1.29, 1.82) is 0 Å². The van der Waals surface area contributed by atoms with Crippen LogP contribution in [0.2, 0.25) is 0 Å². The smallest absolute Gasteiger partial charge is 0.414 e. The summed E-state index contributed by atoms with van der Waals surface area (Å²) < 4.78 is 55.8. The number of hydrogen-bond acceptors (Lipinski definition) is 6. The van der Waals surface area contributed by atoms with E-state index < -0.39 is 41.7 Å². The molecule has 7 nitrogen and oxygen atoms in total. The summed E-state index contributed by atoms with van der Waals surface area (Å²) in [7, 11) is 1.16. The monoisotopic (exact) mass is 443 g/mol. The Balaban J connectivity index is 2.31. The van der Waals surface area contributed by atoms with Gasteiger partial charge in [0, 0.05) is 12.6 Å². The highest BCUT2D eigenvalue weighted by molar-refractivity contribution is 5.83. The molecule has 170 valence electrons. The number of halogens is 3. The highest BCUT2D eigenvalue weighted by atomic mass is 19.4. The maximum atomic E-state index is 13.8. The number of rotatable bonds is 6. The minimum absolute atomic E-state index is 0.0516. The number of hydrogen-bond donors (Lipinski definition) is 0. The van der Waals surface area contributed by atoms with Crippen molar-refractivity contribution in [1.82, 2.24) is 4.90 Å². The Morgan fingerprint density at radius 3 is 2.39 bits per heavy atom. The van der Waals surface area contributed by atoms with Gasteiger partial charge in [0.2, 0.25) is 0 Å². The summed E-state index contributed by atoms with van der Waals surface area (Å²) in [6, 6.07) is 7.10. The van der Waals surface area contributed by atoms with E-state index in [9.17, 15) is 27.6 Å². The first kappa shape index (κ1) is 24.2. The van der Waals surface area contributed by atoms with Gasteiger partial charge in [0.15, 0.2) is 0 Å². The largest absolute Gasteiger partial charge is 0.469 e. The zero-order chi connectivity index (χ0) is 23.0. The Kier molecular flexibility index (Phi) is 8.47. The van der Waals surface area contributed by atoms with Crippen molar-refractivity contribution in [3.63, 3.8) is 0 Å². The third-order valence-electron chi connectivity index (χ3n) is 4.80. The van der Waals surface area contributed by atoms with Crippen LogP contribution in [0.5, 0.6) is 0 Å². The van der Waals surface area contributed by atoms with Crippen LogP contribution in [-0.2, 0) is 30.4 Å². The standard InChI is InChI=1S/C21H24F3NO6/c1-3-30-18(26)11-16(21(22,23)24)17-10-9-15(19(27)29-2)12-25(17)20(28)31-13-14-7-5-4-6-8-14/h4-8,11,15,17H,3,9-10,12-13H2,1-2H3/b16-11+/t15-,17-/m1/s1. The molecular weight excluding hydrogens is 419 g/mol. The third-order valence-corrected chi connectivity index (χ3v) is 4.80. The van der Waals surface area contributed by atoms with Gasteiger partial charge in [0.05, 0.1) is 31.2 Å². The van der Waals surface area contributed by atoms with Gasteiger partial charge in [-0.3, -0.25) is 4.79 Å². The van der Waals surface area contributed by atoms with E-state index in [1.54, 1.807) is 30.3 Å². The molecule has 0 bridgehead atoms. The molecule has 0 N–H and O–H groups in total. The molecule has 1 aliphatic rings. The van der Waals surface area contributed by atoms with Crippen molar-refractivity contribution in [3.8, 4) is 0 Å². The molecule has 0 unspecified atom stereocenters. The van der Waals surface area contributed by atoms with Crippen molar-refractivity contribution >= 4 is 18.0 Å². The van der Waals surface area contributed by atoms with Crippen molar-refractivity contribution in [2.24, 2.45) is 5.92 Å². The fourth-order valence-electron chi connectivity index (χ4n) is 3.34. The van der Waals surface area contributed by atoms with Crippen molar-refractivity contribution in [3.05, 3.63) is 47.5 Å². The maximum Gasteiger partial charge on any atom is 0.414 e. The fourth-order valence-corrected chi connectivity index (χ4v) is 3.34. The Hall–Kier alpha value is -3.04. The molecule has 31 heavy (non-hydrogen) atoms. The topological polar surface area (TPSA) is 82.1 Å². The minimum Gasteiger partial charge on any atom is -0.469 e. The zero-order valence-corrected chi connectivity index (χ0v) is 17.2. The second-order valence-corrected chi connectivity index (χ2v) is 6.86. The van der Waals surface area contributed by atoms with E-state index in [0.29, 0.717) is 11.6 Å². The number of nitrogens with zero attached hydrogens (tertiary/aromatic N) is 1. The lowest BCUT2D eigenvalue weighted by atomic mass is 9.88. The molecule has 2 atom stereocenters. The van der Waals surface area contributed by atoms with Gasteiger partial charge in [0.25, 0.3) is 0 Å². The number of methoxy groups -OCH3 is 1. The van der Waals surface area contributed by atoms with E-state index >= 15 is 0 Å². The number of benzene rings is 1. The highest BCUT2D eigenvalue weighted by Crippen LogP contribution is 2.36. The molecular formula is C21H24F3NO6. The molecule has 0 radical (unpaired) electrons. The lowest BCUT2D eigenvalue weighted by molar-refractivity contribution is -0.148. The number of carbonyl (C=O) groups is 3. The number of ether oxygens (including phenoxy) is 3. The lowest BCUT2D eigenvalue weighted by Crippen LogP contribution is -2.51. The van der Waals surface area contributed by atoms with Gasteiger partial charge in [-0.1, -0.05) is 30.3 Å². The molecule has 0 aliphatic carbocycles. The molecule has 1 amide bonds. The Bertz CT molecular complexity index is 809. The van der Waals surface area contributed by atoms with E-state index in [1.807, 2.05) is 0 Å². The van der Waals surface area contributed by atoms with Crippen molar-refractivity contribution in [2.45, 2.75) is 38.6 Å². The first-order valence-electron chi connectivity index (χ1n) is 9.68. The van der Waals surface area contributed by atoms with Crippen LogP contribution in [0.3, 0.4) is 0 Å². The quantitative estimate of drug-likeness (QED) is 0.379. The number of esters is 2. The first-order valence-corrected chi connectivity index (χ1v) is 9.68. The Labute approximate surface area is 177 Å².